The number of hydrogen-bond donors (Lipinski definition) is 8. The number of aliphatic carboxylic acids is 2. The Bertz CT molecular complexity index is 1480. The van der Waals surface area contributed by atoms with E-state index in [1.807, 2.05) is 24.5 Å². The molecule has 256 valence electrons. The molecule has 0 radical (unpaired) electrons. The van der Waals surface area contributed by atoms with Gasteiger partial charge in [0, 0.05) is 30.1 Å². The number of hydrogen-bond acceptors (Lipinski definition) is 9. The number of carbonyl (C=O) groups is 7. The second-order valence-corrected chi connectivity index (χ2v) is 12.2. The van der Waals surface area contributed by atoms with E-state index in [-0.39, 0.29) is 19.4 Å². The topological polar surface area (TPSA) is 253 Å². The summed E-state index contributed by atoms with van der Waals surface area (Å²) in [6, 6.07) is 1.22. The molecular weight excluding hydrogens is 634 g/mol. The molecule has 9 N–H and O–H groups in total. The number of amides is 5. The van der Waals surface area contributed by atoms with Gasteiger partial charge in [0.25, 0.3) is 0 Å². The number of nitrogens with two attached hydrogens (primary N) is 1. The monoisotopic (exact) mass is 675 g/mol. The molecule has 5 amide bonds. The van der Waals surface area contributed by atoms with Crippen LogP contribution in [0, 0.1) is 0 Å². The molecule has 0 aliphatic carbocycles. The average molecular weight is 676 g/mol. The quantitative estimate of drug-likeness (QED) is 0.100. The Morgan fingerprint density at radius 3 is 2.45 bits per heavy atom. The van der Waals surface area contributed by atoms with Crippen molar-refractivity contribution in [2.75, 3.05) is 25.1 Å². The number of carbonyl (C=O) groups excluding carboxylic acids is 5. The summed E-state index contributed by atoms with van der Waals surface area (Å²) in [5, 5.41) is 29.3. The van der Waals surface area contributed by atoms with Crippen molar-refractivity contribution in [1.29, 1.82) is 0 Å². The number of aromatic amines is 1. The Hall–Kier alpha value is -4.64. The van der Waals surface area contributed by atoms with Crippen LogP contribution in [-0.4, -0.2) is 117 Å². The largest absolute Gasteiger partial charge is 0.481 e. The van der Waals surface area contributed by atoms with E-state index in [1.165, 1.54) is 18.7 Å². The molecule has 0 bridgehead atoms. The zero-order valence-electron chi connectivity index (χ0n) is 26.1. The first-order valence-corrected chi connectivity index (χ1v) is 16.4. The molecular formula is C30H41N7O9S. The van der Waals surface area contributed by atoms with Crippen molar-refractivity contribution in [1.82, 2.24) is 31.2 Å². The second-order valence-electron chi connectivity index (χ2n) is 11.2. The van der Waals surface area contributed by atoms with E-state index in [2.05, 4.69) is 26.3 Å². The molecule has 0 saturated carbocycles. The van der Waals surface area contributed by atoms with Crippen LogP contribution in [0.15, 0.2) is 30.5 Å². The van der Waals surface area contributed by atoms with Gasteiger partial charge in [-0.3, -0.25) is 33.6 Å². The first-order valence-electron chi connectivity index (χ1n) is 15.0. The number of fused-ring (bicyclic) bond motifs is 1. The number of aromatic nitrogens is 1. The molecule has 16 nitrogen and oxygen atoms in total. The van der Waals surface area contributed by atoms with E-state index < -0.39 is 84.6 Å². The van der Waals surface area contributed by atoms with Gasteiger partial charge in [0.15, 0.2) is 0 Å². The van der Waals surface area contributed by atoms with Gasteiger partial charge < -0.3 is 47.1 Å². The van der Waals surface area contributed by atoms with Crippen molar-refractivity contribution in [3.8, 4) is 0 Å². The van der Waals surface area contributed by atoms with Crippen molar-refractivity contribution >= 4 is 64.1 Å². The molecule has 2 heterocycles. The lowest BCUT2D eigenvalue weighted by Crippen LogP contribution is -2.58. The number of carboxylic acid groups (broad SMARTS) is 2. The molecule has 1 aromatic heterocycles. The van der Waals surface area contributed by atoms with E-state index in [0.29, 0.717) is 24.2 Å². The first-order chi connectivity index (χ1) is 22.3. The number of rotatable bonds is 17. The molecule has 2 aromatic rings. The number of benzene rings is 1. The molecule has 1 saturated heterocycles. The van der Waals surface area contributed by atoms with Gasteiger partial charge in [-0.1, -0.05) is 18.2 Å². The van der Waals surface area contributed by atoms with Crippen molar-refractivity contribution < 1.29 is 43.8 Å². The van der Waals surface area contributed by atoms with E-state index in [1.54, 1.807) is 12.3 Å². The van der Waals surface area contributed by atoms with Gasteiger partial charge in [0.05, 0.1) is 19.0 Å². The lowest BCUT2D eigenvalue weighted by molar-refractivity contribution is -0.147. The highest BCUT2D eigenvalue weighted by Crippen LogP contribution is 2.21. The maximum absolute atomic E-state index is 13.7. The SMILES string of the molecule is CSCCC(N)C(=O)NCC(=O)NC(Cc1c[nH]c2ccccc12)C(=O)NC(CC(=O)O)C(=O)N1CCCC1C(=O)NC(C)C(=O)O. The lowest BCUT2D eigenvalue weighted by atomic mass is 10.0. The van der Waals surface area contributed by atoms with Crippen LogP contribution in [-0.2, 0) is 40.0 Å². The maximum Gasteiger partial charge on any atom is 0.325 e. The minimum Gasteiger partial charge on any atom is -0.481 e. The highest BCUT2D eigenvalue weighted by Gasteiger charge is 2.40. The van der Waals surface area contributed by atoms with Crippen molar-refractivity contribution in [2.45, 2.75) is 69.2 Å². The van der Waals surface area contributed by atoms with Gasteiger partial charge in [-0.05, 0) is 49.8 Å². The van der Waals surface area contributed by atoms with Crippen molar-refractivity contribution in [2.24, 2.45) is 5.73 Å². The third-order valence-corrected chi connectivity index (χ3v) is 8.35. The Kier molecular flexibility index (Phi) is 13.6. The fraction of sp³-hybridized carbons (Fsp3) is 0.500. The van der Waals surface area contributed by atoms with Gasteiger partial charge in [-0.25, -0.2) is 0 Å². The normalized spacial score (nSPS) is 16.8. The highest BCUT2D eigenvalue weighted by atomic mass is 32.2. The predicted octanol–water partition coefficient (Wildman–Crippen LogP) is -1.07. The number of para-hydroxylation sites is 1. The summed E-state index contributed by atoms with van der Waals surface area (Å²) in [4.78, 5) is 92.6. The van der Waals surface area contributed by atoms with E-state index in [9.17, 15) is 38.7 Å². The number of thioether (sulfide) groups is 1. The summed E-state index contributed by atoms with van der Waals surface area (Å²) in [6.07, 6.45) is 3.66. The molecule has 5 unspecified atom stereocenters. The van der Waals surface area contributed by atoms with E-state index in [4.69, 9.17) is 10.8 Å². The minimum absolute atomic E-state index is 0.0570. The van der Waals surface area contributed by atoms with Gasteiger partial charge in [0.1, 0.15) is 24.2 Å². The fourth-order valence-corrected chi connectivity index (χ4v) is 5.66. The zero-order chi connectivity index (χ0) is 34.7. The molecule has 1 aliphatic heterocycles. The Morgan fingerprint density at radius 2 is 1.77 bits per heavy atom. The summed E-state index contributed by atoms with van der Waals surface area (Å²) in [5.74, 6) is -5.72. The zero-order valence-corrected chi connectivity index (χ0v) is 26.9. The van der Waals surface area contributed by atoms with E-state index >= 15 is 0 Å². The number of H-pyrrole nitrogens is 1. The van der Waals surface area contributed by atoms with Gasteiger partial charge in [0.2, 0.25) is 29.5 Å². The molecule has 5 atom stereocenters. The van der Waals surface area contributed by atoms with Crippen molar-refractivity contribution in [3.05, 3.63) is 36.0 Å². The van der Waals surface area contributed by atoms with Crippen LogP contribution in [0.3, 0.4) is 0 Å². The Labute approximate surface area is 274 Å². The second kappa shape index (κ2) is 17.3. The van der Waals surface area contributed by atoms with Crippen LogP contribution in [0.25, 0.3) is 10.9 Å². The molecule has 1 aliphatic rings. The minimum atomic E-state index is -1.61. The predicted molar refractivity (Wildman–Crippen MR) is 172 cm³/mol. The summed E-state index contributed by atoms with van der Waals surface area (Å²) in [6.45, 7) is 0.862. The number of nitrogens with zero attached hydrogens (tertiary/aromatic N) is 1. The standard InChI is InChI=1S/C30H41N7O9S/c1-16(30(45)46)34-28(43)23-8-5-10-37(23)29(44)22(13-25(39)40)36-27(42)21(12-17-14-32-20-7-4-3-6-18(17)20)35-24(38)15-33-26(41)19(31)9-11-47-2/h3-4,6-7,14,16,19,21-23,32H,5,8-13,15,31H2,1-2H3,(H,33,41)(H,34,43)(H,35,38)(H,36,42)(H,39,40)(H,45,46). The fourth-order valence-electron chi connectivity index (χ4n) is 5.17. The summed E-state index contributed by atoms with van der Waals surface area (Å²) in [7, 11) is 0. The maximum atomic E-state index is 13.7. The highest BCUT2D eigenvalue weighted by molar-refractivity contribution is 7.98. The van der Waals surface area contributed by atoms with Crippen LogP contribution >= 0.6 is 11.8 Å². The lowest BCUT2D eigenvalue weighted by Gasteiger charge is -2.29. The van der Waals surface area contributed by atoms with Gasteiger partial charge in [-0.15, -0.1) is 0 Å². The number of carboxylic acids is 2. The molecule has 47 heavy (non-hydrogen) atoms. The van der Waals surface area contributed by atoms with Gasteiger partial charge >= 0.3 is 11.9 Å². The molecule has 1 aromatic carbocycles. The third-order valence-electron chi connectivity index (χ3n) is 7.70. The van der Waals surface area contributed by atoms with Crippen molar-refractivity contribution in [3.63, 3.8) is 0 Å². The van der Waals surface area contributed by atoms with Crippen LogP contribution in [0.2, 0.25) is 0 Å². The third kappa shape index (κ3) is 10.4. The average Bonchev–Trinajstić information content (AvgIpc) is 3.69. The number of likely N-dealkylation sites (tertiary alicyclic amines) is 1. The van der Waals surface area contributed by atoms with Crippen LogP contribution in [0.5, 0.6) is 0 Å². The molecule has 3 rings (SSSR count). The van der Waals surface area contributed by atoms with Crippen LogP contribution in [0.4, 0.5) is 0 Å². The Morgan fingerprint density at radius 1 is 1.04 bits per heavy atom. The summed E-state index contributed by atoms with van der Waals surface area (Å²) >= 11 is 1.52. The van der Waals surface area contributed by atoms with Crippen LogP contribution < -0.4 is 27.0 Å². The Balaban J connectivity index is 1.80. The summed E-state index contributed by atoms with van der Waals surface area (Å²) in [5.41, 5.74) is 7.28. The van der Waals surface area contributed by atoms with E-state index in [0.717, 1.165) is 15.8 Å². The molecule has 1 fully saturated rings. The molecule has 17 heteroatoms. The smallest absolute Gasteiger partial charge is 0.325 e. The summed E-state index contributed by atoms with van der Waals surface area (Å²) < 4.78 is 0. The number of nitrogens with one attached hydrogen (secondary N) is 5. The van der Waals surface area contributed by atoms with Crippen LogP contribution in [0.1, 0.15) is 38.2 Å². The molecule has 0 spiro atoms. The van der Waals surface area contributed by atoms with Gasteiger partial charge in [-0.2, -0.15) is 11.8 Å². The first kappa shape index (κ1) is 36.8.